The summed E-state index contributed by atoms with van der Waals surface area (Å²) in [5.74, 6) is -0.903. The second kappa shape index (κ2) is 3.81. The van der Waals surface area contributed by atoms with Gasteiger partial charge >= 0.3 is 6.18 Å². The zero-order chi connectivity index (χ0) is 12.6. The monoisotopic (exact) mass is 239 g/mol. The molecule has 0 spiro atoms. The first-order chi connectivity index (χ1) is 7.96. The largest absolute Gasteiger partial charge is 0.404 e. The fraction of sp³-hybridized carbons (Fsp3) is 0.250. The van der Waals surface area contributed by atoms with Crippen molar-refractivity contribution in [3.05, 3.63) is 29.8 Å². The number of rotatable bonds is 1. The molecule has 1 atom stereocenters. The summed E-state index contributed by atoms with van der Waals surface area (Å²) >= 11 is 0. The molecular weight excluding hydrogens is 231 g/mol. The minimum absolute atomic E-state index is 0.0275. The first-order valence-electron chi connectivity index (χ1n) is 4.87. The van der Waals surface area contributed by atoms with Gasteiger partial charge in [-0.05, 0) is 11.6 Å². The highest BCUT2D eigenvalue weighted by Gasteiger charge is 2.52. The number of carbonyl (C=O) groups excluding carboxylic acids is 1. The van der Waals surface area contributed by atoms with Gasteiger partial charge in [-0.25, -0.2) is 0 Å². The van der Waals surface area contributed by atoms with Crippen molar-refractivity contribution in [3.63, 3.8) is 0 Å². The van der Waals surface area contributed by atoms with Gasteiger partial charge in [0.15, 0.2) is 5.92 Å². The van der Waals surface area contributed by atoms with Crippen LogP contribution in [-0.4, -0.2) is 18.6 Å². The lowest BCUT2D eigenvalue weighted by molar-refractivity contribution is -0.161. The molecule has 2 rings (SSSR count). The van der Waals surface area contributed by atoms with Gasteiger partial charge in [0.05, 0.1) is 6.54 Å². The van der Waals surface area contributed by atoms with E-state index >= 15 is 0 Å². The van der Waals surface area contributed by atoms with Gasteiger partial charge in [0, 0.05) is 5.69 Å². The van der Waals surface area contributed by atoms with Gasteiger partial charge in [-0.2, -0.15) is 13.2 Å². The summed E-state index contributed by atoms with van der Waals surface area (Å²) in [7, 11) is 0. The van der Waals surface area contributed by atoms with E-state index in [1.54, 1.807) is 6.07 Å². The summed E-state index contributed by atoms with van der Waals surface area (Å²) in [5.41, 5.74) is 0.220. The van der Waals surface area contributed by atoms with Gasteiger partial charge in [-0.3, -0.25) is 9.69 Å². The molecule has 2 nitrogen and oxygen atoms in total. The quantitative estimate of drug-likeness (QED) is 0.689. The second-order valence-corrected chi connectivity index (χ2v) is 3.66. The van der Waals surface area contributed by atoms with Crippen LogP contribution >= 0.6 is 0 Å². The zero-order valence-corrected chi connectivity index (χ0v) is 8.66. The molecule has 0 aliphatic carbocycles. The van der Waals surface area contributed by atoms with Crippen LogP contribution in [0, 0.1) is 12.3 Å². The number of hydrogen-bond acceptors (Lipinski definition) is 1. The van der Waals surface area contributed by atoms with Crippen LogP contribution in [0.15, 0.2) is 24.3 Å². The number of hydrogen-bond donors (Lipinski definition) is 0. The summed E-state index contributed by atoms with van der Waals surface area (Å²) in [6, 6.07) is 5.83. The van der Waals surface area contributed by atoms with Gasteiger partial charge in [-0.15, -0.1) is 6.42 Å². The second-order valence-electron chi connectivity index (χ2n) is 3.66. The summed E-state index contributed by atoms with van der Waals surface area (Å²) in [4.78, 5) is 12.7. The van der Waals surface area contributed by atoms with Crippen molar-refractivity contribution in [1.29, 1.82) is 0 Å². The van der Waals surface area contributed by atoms with Crippen LogP contribution in [0.3, 0.4) is 0 Å². The number of benzene rings is 1. The maximum Gasteiger partial charge on any atom is 0.404 e. The Morgan fingerprint density at radius 1 is 1.35 bits per heavy atom. The average Bonchev–Trinajstić information content (AvgIpc) is 2.52. The predicted molar refractivity (Wildman–Crippen MR) is 56.4 cm³/mol. The van der Waals surface area contributed by atoms with Crippen molar-refractivity contribution in [2.45, 2.75) is 12.1 Å². The summed E-state index contributed by atoms with van der Waals surface area (Å²) < 4.78 is 38.4. The number of para-hydroxylation sites is 1. The molecule has 88 valence electrons. The Morgan fingerprint density at radius 2 is 2.00 bits per heavy atom. The highest BCUT2D eigenvalue weighted by Crippen LogP contribution is 2.45. The SMILES string of the molecule is C#CCN1C(=O)C(C(F)(F)F)c2ccccc21. The van der Waals surface area contributed by atoms with Crippen molar-refractivity contribution in [2.75, 3.05) is 11.4 Å². The average molecular weight is 239 g/mol. The maximum absolute atomic E-state index is 12.8. The van der Waals surface area contributed by atoms with Crippen LogP contribution in [0.1, 0.15) is 11.5 Å². The Balaban J connectivity index is 2.54. The molecule has 0 N–H and O–H groups in total. The molecule has 0 aromatic heterocycles. The Bertz CT molecular complexity index is 501. The topological polar surface area (TPSA) is 20.3 Å². The van der Waals surface area contributed by atoms with Gasteiger partial charge < -0.3 is 0 Å². The molecule has 0 saturated carbocycles. The molecular formula is C12H8F3NO. The molecule has 1 aliphatic rings. The van der Waals surface area contributed by atoms with Crippen molar-refractivity contribution in [1.82, 2.24) is 0 Å². The third kappa shape index (κ3) is 1.76. The molecule has 1 aromatic rings. The Hall–Kier alpha value is -1.96. The number of terminal acetylenes is 1. The number of alkyl halides is 3. The Morgan fingerprint density at radius 3 is 2.59 bits per heavy atom. The molecule has 0 radical (unpaired) electrons. The predicted octanol–water partition coefficient (Wildman–Crippen LogP) is 2.31. The molecule has 0 fully saturated rings. The molecule has 1 heterocycles. The van der Waals surface area contributed by atoms with Gasteiger partial charge in [0.1, 0.15) is 0 Å². The van der Waals surface area contributed by atoms with E-state index in [1.807, 2.05) is 0 Å². The van der Waals surface area contributed by atoms with Crippen LogP contribution in [0.5, 0.6) is 0 Å². The maximum atomic E-state index is 12.8. The lowest BCUT2D eigenvalue weighted by Gasteiger charge is -2.15. The molecule has 5 heteroatoms. The van der Waals surface area contributed by atoms with Crippen molar-refractivity contribution in [3.8, 4) is 12.3 Å². The molecule has 0 bridgehead atoms. The van der Waals surface area contributed by atoms with Crippen molar-refractivity contribution >= 4 is 11.6 Å². The molecule has 1 amide bonds. The summed E-state index contributed by atoms with van der Waals surface area (Å²) in [6.07, 6.45) is 0.470. The van der Waals surface area contributed by atoms with E-state index < -0.39 is 18.0 Å². The molecule has 0 saturated heterocycles. The normalized spacial score (nSPS) is 19.1. The minimum atomic E-state index is -4.59. The minimum Gasteiger partial charge on any atom is -0.300 e. The van der Waals surface area contributed by atoms with Crippen molar-refractivity contribution < 1.29 is 18.0 Å². The Kier molecular flexibility index (Phi) is 2.58. The first-order valence-corrected chi connectivity index (χ1v) is 4.87. The van der Waals surface area contributed by atoms with Gasteiger partial charge in [-0.1, -0.05) is 24.1 Å². The van der Waals surface area contributed by atoms with Gasteiger partial charge in [0.2, 0.25) is 5.91 Å². The number of carbonyl (C=O) groups is 1. The number of halogens is 3. The van der Waals surface area contributed by atoms with Crippen LogP contribution in [-0.2, 0) is 4.79 Å². The first kappa shape index (κ1) is 11.5. The highest BCUT2D eigenvalue weighted by molar-refractivity contribution is 6.05. The lowest BCUT2D eigenvalue weighted by atomic mass is 10.0. The van der Waals surface area contributed by atoms with Gasteiger partial charge in [0.25, 0.3) is 0 Å². The molecule has 1 aliphatic heterocycles. The standard InChI is InChI=1S/C12H8F3NO/c1-2-7-16-9-6-4-3-5-8(9)10(11(16)17)12(13,14)15/h1,3-6,10H,7H2. The van der Waals surface area contributed by atoms with E-state index in [-0.39, 0.29) is 17.8 Å². The van der Waals surface area contributed by atoms with E-state index in [9.17, 15) is 18.0 Å². The smallest absolute Gasteiger partial charge is 0.300 e. The van der Waals surface area contributed by atoms with Crippen LogP contribution in [0.25, 0.3) is 0 Å². The third-order valence-corrected chi connectivity index (χ3v) is 2.63. The lowest BCUT2D eigenvalue weighted by Crippen LogP contribution is -2.34. The zero-order valence-electron chi connectivity index (χ0n) is 8.66. The summed E-state index contributed by atoms with van der Waals surface area (Å²) in [6.45, 7) is -0.150. The number of amides is 1. The van der Waals surface area contributed by atoms with Crippen LogP contribution < -0.4 is 4.90 Å². The Labute approximate surface area is 96.0 Å². The number of fused-ring (bicyclic) bond motifs is 1. The van der Waals surface area contributed by atoms with Crippen LogP contribution in [0.2, 0.25) is 0 Å². The van der Waals surface area contributed by atoms with E-state index in [4.69, 9.17) is 6.42 Å². The fourth-order valence-corrected chi connectivity index (χ4v) is 1.96. The number of anilines is 1. The summed E-state index contributed by atoms with van der Waals surface area (Å²) in [5, 5.41) is 0. The third-order valence-electron chi connectivity index (χ3n) is 2.63. The van der Waals surface area contributed by atoms with E-state index in [2.05, 4.69) is 5.92 Å². The molecule has 1 aromatic carbocycles. The van der Waals surface area contributed by atoms with E-state index in [0.29, 0.717) is 0 Å². The van der Waals surface area contributed by atoms with Crippen LogP contribution in [0.4, 0.5) is 18.9 Å². The van der Waals surface area contributed by atoms with E-state index in [0.717, 1.165) is 4.90 Å². The molecule has 17 heavy (non-hydrogen) atoms. The molecule has 1 unspecified atom stereocenters. The highest BCUT2D eigenvalue weighted by atomic mass is 19.4. The fourth-order valence-electron chi connectivity index (χ4n) is 1.96. The van der Waals surface area contributed by atoms with E-state index in [1.165, 1.54) is 18.2 Å². The van der Waals surface area contributed by atoms with Crippen molar-refractivity contribution in [2.24, 2.45) is 0 Å². The number of nitrogens with zero attached hydrogens (tertiary/aromatic N) is 1.